The van der Waals surface area contributed by atoms with Gasteiger partial charge in [0.05, 0.1) is 16.7 Å². The van der Waals surface area contributed by atoms with E-state index in [1.807, 2.05) is 49.5 Å². The van der Waals surface area contributed by atoms with E-state index in [1.54, 1.807) is 9.47 Å². The second kappa shape index (κ2) is 12.0. The van der Waals surface area contributed by atoms with Gasteiger partial charge in [0, 0.05) is 20.1 Å². The summed E-state index contributed by atoms with van der Waals surface area (Å²) in [4.78, 5) is 34.9. The molecule has 0 saturated heterocycles. The lowest BCUT2D eigenvalue weighted by Crippen LogP contribution is -2.30. The lowest BCUT2D eigenvalue weighted by atomic mass is 10.1. The number of aromatic nitrogens is 2. The molecule has 176 valence electrons. The number of nitrogens with zero attached hydrogens (tertiary/aromatic N) is 4. The van der Waals surface area contributed by atoms with E-state index in [9.17, 15) is 9.59 Å². The largest absolute Gasteiger partial charge is 0.341 e. The minimum Gasteiger partial charge on any atom is -0.341 e. The summed E-state index contributed by atoms with van der Waals surface area (Å²) in [7, 11) is 1.82. The van der Waals surface area contributed by atoms with Crippen molar-refractivity contribution in [3.63, 3.8) is 0 Å². The summed E-state index contributed by atoms with van der Waals surface area (Å²) in [5.41, 5.74) is 2.94. The zero-order valence-corrected chi connectivity index (χ0v) is 20.9. The summed E-state index contributed by atoms with van der Waals surface area (Å²) in [6, 6.07) is 15.5. The van der Waals surface area contributed by atoms with Crippen LogP contribution in [0.4, 0.5) is 0 Å². The van der Waals surface area contributed by atoms with E-state index in [2.05, 4.69) is 31.7 Å². The van der Waals surface area contributed by atoms with E-state index < -0.39 is 0 Å². The van der Waals surface area contributed by atoms with Crippen molar-refractivity contribution < 1.29 is 4.79 Å². The minimum atomic E-state index is -0.0386. The summed E-state index contributed by atoms with van der Waals surface area (Å²) in [6.45, 7) is 10.4. The van der Waals surface area contributed by atoms with Crippen LogP contribution in [0.15, 0.2) is 58.5 Å². The fourth-order valence-corrected chi connectivity index (χ4v) is 4.78. The number of para-hydroxylation sites is 1. The molecule has 0 aliphatic heterocycles. The molecule has 1 amide bonds. The first-order valence-corrected chi connectivity index (χ1v) is 12.6. The van der Waals surface area contributed by atoms with Crippen LogP contribution in [0.25, 0.3) is 10.9 Å². The third-order valence-corrected chi connectivity index (χ3v) is 6.96. The van der Waals surface area contributed by atoms with Crippen molar-refractivity contribution >= 4 is 28.6 Å². The number of rotatable bonds is 11. The smallest absolute Gasteiger partial charge is 0.262 e. The second-order valence-corrected chi connectivity index (χ2v) is 9.16. The lowest BCUT2D eigenvalue weighted by Gasteiger charge is -2.20. The molecule has 0 N–H and O–H groups in total. The van der Waals surface area contributed by atoms with E-state index >= 15 is 0 Å². The normalized spacial score (nSPS) is 11.3. The van der Waals surface area contributed by atoms with E-state index in [1.165, 1.54) is 17.3 Å². The van der Waals surface area contributed by atoms with E-state index in [-0.39, 0.29) is 17.2 Å². The molecule has 6 nitrogen and oxygen atoms in total. The summed E-state index contributed by atoms with van der Waals surface area (Å²) >= 11 is 1.34. The summed E-state index contributed by atoms with van der Waals surface area (Å²) < 4.78 is 1.74. The molecule has 0 aliphatic rings. The van der Waals surface area contributed by atoms with Crippen LogP contribution in [0, 0.1) is 6.92 Å². The Bertz CT molecular complexity index is 1140. The molecule has 0 aliphatic carbocycles. The molecule has 33 heavy (non-hydrogen) atoms. The highest BCUT2D eigenvalue weighted by Gasteiger charge is 2.16. The molecule has 1 heterocycles. The van der Waals surface area contributed by atoms with Crippen molar-refractivity contribution in [2.45, 2.75) is 45.4 Å². The number of carbonyl (C=O) groups excluding carboxylic acids is 1. The third-order valence-electron chi connectivity index (χ3n) is 6.00. The van der Waals surface area contributed by atoms with Gasteiger partial charge in [-0.3, -0.25) is 14.2 Å². The Labute approximate surface area is 200 Å². The Morgan fingerprint density at radius 2 is 1.76 bits per heavy atom. The van der Waals surface area contributed by atoms with Crippen molar-refractivity contribution in [3.8, 4) is 0 Å². The number of hydrogen-bond donors (Lipinski definition) is 0. The van der Waals surface area contributed by atoms with Gasteiger partial charge in [0.15, 0.2) is 5.16 Å². The molecule has 0 radical (unpaired) electrons. The molecule has 0 saturated carbocycles. The SMILES string of the molecule is CCN(CC)CCCn1c(SCC(=O)N(C)Cc2ccccc2C)nc2ccccc2c1=O. The molecule has 3 rings (SSSR count). The van der Waals surface area contributed by atoms with Gasteiger partial charge in [-0.1, -0.05) is 62.0 Å². The number of thioether (sulfide) groups is 1. The summed E-state index contributed by atoms with van der Waals surface area (Å²) in [6.07, 6.45) is 0.857. The molecule has 0 bridgehead atoms. The first kappa shape index (κ1) is 25.0. The topological polar surface area (TPSA) is 58.4 Å². The monoisotopic (exact) mass is 466 g/mol. The van der Waals surface area contributed by atoms with Crippen LogP contribution in [-0.4, -0.2) is 57.7 Å². The maximum atomic E-state index is 13.2. The van der Waals surface area contributed by atoms with E-state index in [4.69, 9.17) is 4.98 Å². The summed E-state index contributed by atoms with van der Waals surface area (Å²) in [5, 5.41) is 1.23. The third kappa shape index (κ3) is 6.45. The van der Waals surface area contributed by atoms with Crippen LogP contribution in [-0.2, 0) is 17.9 Å². The van der Waals surface area contributed by atoms with Crippen molar-refractivity contribution in [2.75, 3.05) is 32.4 Å². The maximum absolute atomic E-state index is 13.2. The van der Waals surface area contributed by atoms with Gasteiger partial charge in [0.25, 0.3) is 5.56 Å². The molecule has 0 spiro atoms. The van der Waals surface area contributed by atoms with Gasteiger partial charge in [0.2, 0.25) is 5.91 Å². The zero-order valence-electron chi connectivity index (χ0n) is 20.1. The average molecular weight is 467 g/mol. The van der Waals surface area contributed by atoms with Crippen LogP contribution < -0.4 is 5.56 Å². The van der Waals surface area contributed by atoms with Gasteiger partial charge in [-0.2, -0.15) is 0 Å². The summed E-state index contributed by atoms with van der Waals surface area (Å²) in [5.74, 6) is 0.254. The van der Waals surface area contributed by atoms with Crippen molar-refractivity contribution in [1.82, 2.24) is 19.4 Å². The molecule has 0 unspecified atom stereocenters. The number of amides is 1. The van der Waals surface area contributed by atoms with Gasteiger partial charge in [-0.25, -0.2) is 4.98 Å². The molecular weight excluding hydrogens is 432 g/mol. The first-order chi connectivity index (χ1) is 15.9. The van der Waals surface area contributed by atoms with Crippen LogP contribution >= 0.6 is 11.8 Å². The van der Waals surface area contributed by atoms with Gasteiger partial charge in [-0.15, -0.1) is 0 Å². The van der Waals surface area contributed by atoms with Gasteiger partial charge < -0.3 is 9.80 Å². The standard InChI is InChI=1S/C26H34N4O2S/c1-5-29(6-2)16-11-17-30-25(32)22-14-9-10-15-23(22)27-26(30)33-19-24(31)28(4)18-21-13-8-7-12-20(21)3/h7-10,12-15H,5-6,11,16-19H2,1-4H3. The van der Waals surface area contributed by atoms with Crippen molar-refractivity contribution in [2.24, 2.45) is 0 Å². The van der Waals surface area contributed by atoms with E-state index in [0.29, 0.717) is 29.1 Å². The fraction of sp³-hybridized carbons (Fsp3) is 0.423. The lowest BCUT2D eigenvalue weighted by molar-refractivity contribution is -0.127. The number of benzene rings is 2. The molecular formula is C26H34N4O2S. The van der Waals surface area contributed by atoms with Crippen LogP contribution in [0.2, 0.25) is 0 Å². The molecule has 0 atom stereocenters. The number of fused-ring (bicyclic) bond motifs is 1. The Balaban J connectivity index is 1.75. The molecule has 7 heteroatoms. The first-order valence-electron chi connectivity index (χ1n) is 11.6. The second-order valence-electron chi connectivity index (χ2n) is 8.21. The van der Waals surface area contributed by atoms with Crippen LogP contribution in [0.5, 0.6) is 0 Å². The number of hydrogen-bond acceptors (Lipinski definition) is 5. The predicted octanol–water partition coefficient (Wildman–Crippen LogP) is 4.19. The molecule has 1 aromatic heterocycles. The molecule has 0 fully saturated rings. The fourth-order valence-electron chi connectivity index (χ4n) is 3.81. The Hall–Kier alpha value is -2.64. The maximum Gasteiger partial charge on any atom is 0.262 e. The van der Waals surface area contributed by atoms with Gasteiger partial charge >= 0.3 is 0 Å². The van der Waals surface area contributed by atoms with Gasteiger partial charge in [-0.05, 0) is 56.2 Å². The van der Waals surface area contributed by atoms with Crippen LogP contribution in [0.3, 0.4) is 0 Å². The van der Waals surface area contributed by atoms with Crippen molar-refractivity contribution in [3.05, 3.63) is 70.0 Å². The number of carbonyl (C=O) groups is 1. The molecule has 3 aromatic rings. The average Bonchev–Trinajstić information content (AvgIpc) is 2.83. The Morgan fingerprint density at radius 3 is 2.48 bits per heavy atom. The highest BCUT2D eigenvalue weighted by Crippen LogP contribution is 2.19. The van der Waals surface area contributed by atoms with Crippen LogP contribution in [0.1, 0.15) is 31.4 Å². The highest BCUT2D eigenvalue weighted by molar-refractivity contribution is 7.99. The predicted molar refractivity (Wildman–Crippen MR) is 137 cm³/mol. The number of aryl methyl sites for hydroxylation is 1. The zero-order chi connectivity index (χ0) is 23.8. The highest BCUT2D eigenvalue weighted by atomic mass is 32.2. The Morgan fingerprint density at radius 1 is 1.06 bits per heavy atom. The molecule has 2 aromatic carbocycles. The van der Waals surface area contributed by atoms with E-state index in [0.717, 1.165) is 31.6 Å². The van der Waals surface area contributed by atoms with Gasteiger partial charge in [0.1, 0.15) is 0 Å². The minimum absolute atomic E-state index is 0.0142. The Kier molecular flexibility index (Phi) is 9.09. The van der Waals surface area contributed by atoms with Crippen molar-refractivity contribution in [1.29, 1.82) is 0 Å². The quantitative estimate of drug-likeness (QED) is 0.313.